The number of anilines is 1. The average Bonchev–Trinajstić information content (AvgIpc) is 3.45. The van der Waals surface area contributed by atoms with Crippen LogP contribution in [0, 0.1) is 0 Å². The van der Waals surface area contributed by atoms with Crippen molar-refractivity contribution in [2.24, 2.45) is 5.73 Å². The van der Waals surface area contributed by atoms with Gasteiger partial charge >= 0.3 is 5.97 Å². The fourth-order valence-corrected chi connectivity index (χ4v) is 13.3. The number of aliphatic hydroxyl groups excluding tert-OH is 1. The number of carboxylic acids is 1. The average molecular weight is 664 g/mol. The van der Waals surface area contributed by atoms with Crippen LogP contribution in [0.3, 0.4) is 0 Å². The van der Waals surface area contributed by atoms with Crippen LogP contribution in [0.1, 0.15) is 19.4 Å². The van der Waals surface area contributed by atoms with Gasteiger partial charge in [-0.1, -0.05) is 30.0 Å². The predicted octanol–water partition coefficient (Wildman–Crippen LogP) is 0.525. The van der Waals surface area contributed by atoms with Crippen molar-refractivity contribution >= 4 is 61.1 Å². The van der Waals surface area contributed by atoms with Crippen LogP contribution in [0.2, 0.25) is 0 Å². The summed E-state index contributed by atoms with van der Waals surface area (Å²) in [6.07, 6.45) is -0.170. The molecule has 12 nitrogen and oxygen atoms in total. The Morgan fingerprint density at radius 2 is 1.80 bits per heavy atom. The van der Waals surface area contributed by atoms with Gasteiger partial charge in [-0.25, -0.2) is 17.4 Å². The van der Waals surface area contributed by atoms with Crippen molar-refractivity contribution in [3.05, 3.63) is 46.5 Å². The molecule has 1 amide bonds. The maximum Gasteiger partial charge on any atom is 0.354 e. The number of hydrogen-bond donors (Lipinski definition) is 3. The summed E-state index contributed by atoms with van der Waals surface area (Å²) in [7, 11) is -5.76. The maximum atomic E-state index is 13.9. The van der Waals surface area contributed by atoms with Crippen molar-refractivity contribution < 1.29 is 41.4 Å². The molecule has 0 saturated carbocycles. The SMILES string of the molecule is C[C@@H](O)[C@]1(C)[C@H]2SC(CN3c4cccc5c(CC[N+]67CC[N+](CC(N)=O)(CC6)CC7)ccc(c45)S3(=O)=O)=C(C(=O)O)N2S1=O. The molecule has 8 rings (SSSR count). The fraction of sp³-hybridized carbons (Fsp3) is 0.517. The van der Waals surface area contributed by atoms with Gasteiger partial charge in [-0.15, -0.1) is 0 Å². The summed E-state index contributed by atoms with van der Waals surface area (Å²) in [5, 5.41) is 21.4. The largest absolute Gasteiger partial charge is 0.477 e. The molecule has 2 aromatic rings. The first-order chi connectivity index (χ1) is 20.7. The van der Waals surface area contributed by atoms with Crippen LogP contribution in [0.4, 0.5) is 5.69 Å². The van der Waals surface area contributed by atoms with Crippen LogP contribution in [-0.2, 0) is 37.0 Å². The van der Waals surface area contributed by atoms with E-state index in [1.54, 1.807) is 19.1 Å². The smallest absolute Gasteiger partial charge is 0.354 e. The molecule has 2 aromatic carbocycles. The van der Waals surface area contributed by atoms with Crippen LogP contribution in [-0.4, -0.2) is 123 Å². The molecule has 0 spiro atoms. The molecule has 4 N–H and O–H groups in total. The summed E-state index contributed by atoms with van der Waals surface area (Å²) in [5.74, 6) is -1.52. The molecule has 2 bridgehead atoms. The lowest BCUT2D eigenvalue weighted by molar-refractivity contribution is -1.08. The quantitative estimate of drug-likeness (QED) is 0.328. The van der Waals surface area contributed by atoms with Crippen molar-refractivity contribution in [2.45, 2.75) is 41.4 Å². The molecular formula is C29H37N5O7S3+2. The number of piperazine rings is 3. The molecule has 1 unspecified atom stereocenters. The first-order valence-electron chi connectivity index (χ1n) is 14.8. The number of sulfonamides is 1. The Labute approximate surface area is 262 Å². The number of nitrogens with zero attached hydrogens (tertiary/aromatic N) is 4. The zero-order valence-corrected chi connectivity index (χ0v) is 27.1. The van der Waals surface area contributed by atoms with Crippen molar-refractivity contribution in [1.82, 2.24) is 4.31 Å². The molecule has 6 aliphatic heterocycles. The Balaban J connectivity index is 1.17. The Bertz CT molecular complexity index is 1770. The van der Waals surface area contributed by atoms with E-state index in [9.17, 15) is 32.4 Å². The number of carboxylic acid groups (broad SMARTS) is 1. The number of hydrogen-bond acceptors (Lipinski definition) is 7. The van der Waals surface area contributed by atoms with Gasteiger partial charge in [-0.3, -0.25) is 13.4 Å². The van der Waals surface area contributed by atoms with Gasteiger partial charge in [0.15, 0.2) is 6.54 Å². The fourth-order valence-electron chi connectivity index (χ4n) is 7.74. The number of nitrogens with two attached hydrogens (primary N) is 1. The molecule has 6 heterocycles. The van der Waals surface area contributed by atoms with Crippen LogP contribution in [0.15, 0.2) is 45.8 Å². The minimum Gasteiger partial charge on any atom is -0.477 e. The number of benzene rings is 2. The van der Waals surface area contributed by atoms with E-state index in [-0.39, 0.29) is 23.0 Å². The highest BCUT2D eigenvalue weighted by atomic mass is 32.2. The number of thioether (sulfide) groups is 1. The number of rotatable bonds is 9. The zero-order chi connectivity index (χ0) is 31.4. The molecule has 0 aromatic heterocycles. The lowest BCUT2D eigenvalue weighted by atomic mass is 9.98. The second kappa shape index (κ2) is 9.90. The molecule has 0 radical (unpaired) electrons. The number of carbonyl (C=O) groups is 2. The summed E-state index contributed by atoms with van der Waals surface area (Å²) >= 11 is 1.16. The van der Waals surface area contributed by atoms with Gasteiger partial charge in [0.1, 0.15) is 66.1 Å². The van der Waals surface area contributed by atoms with E-state index < -0.39 is 43.2 Å². The highest BCUT2D eigenvalue weighted by molar-refractivity contribution is 8.06. The number of aliphatic hydroxyl groups is 1. The minimum absolute atomic E-state index is 0.175. The molecule has 6 aliphatic rings. The molecule has 15 heteroatoms. The highest BCUT2D eigenvalue weighted by Gasteiger charge is 2.65. The van der Waals surface area contributed by atoms with E-state index in [1.807, 2.05) is 18.2 Å². The molecule has 44 heavy (non-hydrogen) atoms. The topological polar surface area (TPSA) is 158 Å². The molecule has 4 saturated heterocycles. The van der Waals surface area contributed by atoms with Crippen molar-refractivity contribution in [3.8, 4) is 0 Å². The molecule has 236 valence electrons. The monoisotopic (exact) mass is 663 g/mol. The Morgan fingerprint density at radius 3 is 2.41 bits per heavy atom. The second-order valence-corrected chi connectivity index (χ2v) is 17.8. The van der Waals surface area contributed by atoms with E-state index >= 15 is 0 Å². The van der Waals surface area contributed by atoms with Gasteiger partial charge in [-0.05, 0) is 36.9 Å². The van der Waals surface area contributed by atoms with Gasteiger partial charge in [0.05, 0.1) is 29.8 Å². The summed E-state index contributed by atoms with van der Waals surface area (Å²) in [6, 6.07) is 9.11. The number of quaternary nitrogens is 2. The normalized spacial score (nSPS) is 33.9. The van der Waals surface area contributed by atoms with E-state index in [2.05, 4.69) is 0 Å². The van der Waals surface area contributed by atoms with E-state index in [0.717, 1.165) is 83.9 Å². The Kier molecular flexibility index (Phi) is 6.75. The number of carbonyl (C=O) groups excluding carboxylic acids is 1. The summed E-state index contributed by atoms with van der Waals surface area (Å²) < 4.78 is 44.2. The summed E-state index contributed by atoms with van der Waals surface area (Å²) in [6.45, 7) is 10.1. The van der Waals surface area contributed by atoms with E-state index in [1.165, 1.54) is 15.5 Å². The minimum atomic E-state index is -3.98. The maximum absolute atomic E-state index is 13.9. The number of primary amides is 1. The van der Waals surface area contributed by atoms with Gasteiger partial charge in [0.2, 0.25) is 0 Å². The number of aliphatic carboxylic acids is 1. The number of amides is 1. The first-order valence-corrected chi connectivity index (χ1v) is 18.2. The molecule has 4 atom stereocenters. The van der Waals surface area contributed by atoms with Crippen LogP contribution < -0.4 is 10.0 Å². The number of fused-ring (bicyclic) bond motifs is 4. The van der Waals surface area contributed by atoms with Gasteiger partial charge in [0.25, 0.3) is 15.9 Å². The molecule has 4 fully saturated rings. The second-order valence-electron chi connectivity index (χ2n) is 13.0. The Hall–Kier alpha value is -2.69. The van der Waals surface area contributed by atoms with Gasteiger partial charge in [0, 0.05) is 16.7 Å². The Morgan fingerprint density at radius 1 is 1.14 bits per heavy atom. The standard InChI is InChI=1S/C29H35N5O7S3/c1-18(35)29(2)28-32(43(29)39)26(27(37)38)22(42-28)16-31-21-5-3-4-20-19(6-7-23(25(20)21)44(31,40)41)8-9-33-10-13-34(14-11-33,15-12-33)17-24(30)36/h3-7,18,28,35H,8-17H2,1-2H3,(H-2,30,36,37,38)/p+2/t18-,28-,29-,33?,34?,43?/m1/s1. The van der Waals surface area contributed by atoms with Gasteiger partial charge < -0.3 is 24.9 Å². The third-order valence-electron chi connectivity index (χ3n) is 10.7. The van der Waals surface area contributed by atoms with Crippen molar-refractivity contribution in [2.75, 3.05) is 63.2 Å². The van der Waals surface area contributed by atoms with Crippen LogP contribution in [0.5, 0.6) is 0 Å². The first kappa shape index (κ1) is 30.0. The van der Waals surface area contributed by atoms with Crippen LogP contribution >= 0.6 is 11.8 Å². The van der Waals surface area contributed by atoms with Crippen molar-refractivity contribution in [3.63, 3.8) is 0 Å². The third kappa shape index (κ3) is 4.12. The lowest BCUT2D eigenvalue weighted by Crippen LogP contribution is -2.76. The zero-order valence-electron chi connectivity index (χ0n) is 24.6. The van der Waals surface area contributed by atoms with E-state index in [4.69, 9.17) is 5.73 Å². The predicted molar refractivity (Wildman–Crippen MR) is 167 cm³/mol. The van der Waals surface area contributed by atoms with E-state index in [0.29, 0.717) is 22.5 Å². The van der Waals surface area contributed by atoms with Gasteiger partial charge in [-0.2, -0.15) is 0 Å². The third-order valence-corrected chi connectivity index (χ3v) is 16.4. The molecule has 0 aliphatic carbocycles. The van der Waals surface area contributed by atoms with Crippen molar-refractivity contribution in [1.29, 1.82) is 0 Å². The highest BCUT2D eigenvalue weighted by Crippen LogP contribution is 2.56. The van der Waals surface area contributed by atoms with Crippen LogP contribution in [0.25, 0.3) is 10.8 Å². The lowest BCUT2D eigenvalue weighted by Gasteiger charge is -2.55. The summed E-state index contributed by atoms with van der Waals surface area (Å²) in [4.78, 5) is 24.5. The molecular weight excluding hydrogens is 627 g/mol. The summed E-state index contributed by atoms with van der Waals surface area (Å²) in [5.41, 5.74) is 6.92.